The Kier molecular flexibility index (Phi) is 4.26. The summed E-state index contributed by atoms with van der Waals surface area (Å²) in [5.74, 6) is 0. The highest BCUT2D eigenvalue weighted by molar-refractivity contribution is 7.89. The van der Waals surface area contributed by atoms with Gasteiger partial charge in [-0.3, -0.25) is 0 Å². The van der Waals surface area contributed by atoms with Gasteiger partial charge in [0, 0.05) is 19.8 Å². The van der Waals surface area contributed by atoms with Crippen LogP contribution in [0.2, 0.25) is 5.15 Å². The first-order chi connectivity index (χ1) is 7.34. The molecule has 0 amide bonds. The van der Waals surface area contributed by atoms with Gasteiger partial charge in [0.2, 0.25) is 10.0 Å². The van der Waals surface area contributed by atoms with E-state index in [9.17, 15) is 8.42 Å². The van der Waals surface area contributed by atoms with Gasteiger partial charge < -0.3 is 5.11 Å². The van der Waals surface area contributed by atoms with Crippen molar-refractivity contribution in [2.45, 2.75) is 17.9 Å². The number of aliphatic hydroxyl groups is 1. The number of nitrogens with zero attached hydrogens (tertiary/aromatic N) is 2. The minimum atomic E-state index is -3.60. The molecule has 0 saturated heterocycles. The lowest BCUT2D eigenvalue weighted by Gasteiger charge is -2.18. The van der Waals surface area contributed by atoms with Crippen LogP contribution in [0.4, 0.5) is 0 Å². The third-order valence-corrected chi connectivity index (χ3v) is 3.96. The Labute approximate surface area is 99.7 Å². The number of hydrogen-bond donors (Lipinski definition) is 1. The Balaban J connectivity index is 2.97. The van der Waals surface area contributed by atoms with E-state index in [1.807, 2.05) is 0 Å². The average molecular weight is 265 g/mol. The fraction of sp³-hybridized carbons (Fsp3) is 0.444. The van der Waals surface area contributed by atoms with Crippen LogP contribution in [-0.4, -0.2) is 42.5 Å². The summed E-state index contributed by atoms with van der Waals surface area (Å²) < 4.78 is 24.9. The van der Waals surface area contributed by atoms with Crippen molar-refractivity contribution in [3.05, 3.63) is 23.5 Å². The van der Waals surface area contributed by atoms with Crippen molar-refractivity contribution in [2.75, 3.05) is 13.6 Å². The Hall–Kier alpha value is -0.690. The molecule has 0 radical (unpaired) electrons. The molecule has 7 heteroatoms. The number of aromatic nitrogens is 1. The zero-order valence-corrected chi connectivity index (χ0v) is 10.5. The molecular weight excluding hydrogens is 252 g/mol. The molecule has 1 aromatic heterocycles. The second-order valence-corrected chi connectivity index (χ2v) is 5.88. The van der Waals surface area contributed by atoms with Gasteiger partial charge in [0.15, 0.2) is 0 Å². The van der Waals surface area contributed by atoms with Gasteiger partial charge in [0.05, 0.1) is 6.10 Å². The van der Waals surface area contributed by atoms with Crippen molar-refractivity contribution in [1.82, 2.24) is 9.29 Å². The average Bonchev–Trinajstić information content (AvgIpc) is 2.17. The van der Waals surface area contributed by atoms with E-state index in [0.717, 1.165) is 4.31 Å². The van der Waals surface area contributed by atoms with E-state index in [1.54, 1.807) is 0 Å². The fourth-order valence-electron chi connectivity index (χ4n) is 1.17. The van der Waals surface area contributed by atoms with Crippen molar-refractivity contribution in [3.63, 3.8) is 0 Å². The van der Waals surface area contributed by atoms with Crippen molar-refractivity contribution >= 4 is 21.6 Å². The van der Waals surface area contributed by atoms with Crippen LogP contribution in [0.5, 0.6) is 0 Å². The third kappa shape index (κ3) is 3.15. The van der Waals surface area contributed by atoms with Gasteiger partial charge in [0.25, 0.3) is 0 Å². The summed E-state index contributed by atoms with van der Waals surface area (Å²) in [5, 5.41) is 9.37. The lowest BCUT2D eigenvalue weighted by atomic mass is 10.4. The number of pyridine rings is 1. The Morgan fingerprint density at radius 3 is 2.62 bits per heavy atom. The first kappa shape index (κ1) is 13.4. The fourth-order valence-corrected chi connectivity index (χ4v) is 2.47. The maximum atomic E-state index is 11.9. The standard InChI is InChI=1S/C9H13ClN2O3S/c1-7(13)6-12(2)16(14,15)8-3-4-9(10)11-5-8/h3-5,7,13H,6H2,1-2H3. The number of sulfonamides is 1. The van der Waals surface area contributed by atoms with Crippen LogP contribution < -0.4 is 0 Å². The largest absolute Gasteiger partial charge is 0.392 e. The van der Waals surface area contributed by atoms with Gasteiger partial charge in [-0.05, 0) is 19.1 Å². The molecule has 1 atom stereocenters. The molecular formula is C9H13ClN2O3S. The topological polar surface area (TPSA) is 70.5 Å². The SMILES string of the molecule is CC(O)CN(C)S(=O)(=O)c1ccc(Cl)nc1. The summed E-state index contributed by atoms with van der Waals surface area (Å²) in [7, 11) is -2.20. The van der Waals surface area contributed by atoms with E-state index in [1.165, 1.54) is 32.3 Å². The number of hydrogen-bond acceptors (Lipinski definition) is 4. The van der Waals surface area contributed by atoms with E-state index in [4.69, 9.17) is 16.7 Å². The maximum absolute atomic E-state index is 11.9. The molecule has 1 heterocycles. The predicted octanol–water partition coefficient (Wildman–Crippen LogP) is 0.736. The molecule has 0 fully saturated rings. The van der Waals surface area contributed by atoms with E-state index in [0.29, 0.717) is 0 Å². The molecule has 0 spiro atoms. The highest BCUT2D eigenvalue weighted by atomic mass is 35.5. The molecule has 0 aliphatic carbocycles. The van der Waals surface area contributed by atoms with Crippen LogP contribution >= 0.6 is 11.6 Å². The Morgan fingerprint density at radius 1 is 1.56 bits per heavy atom. The molecule has 90 valence electrons. The summed E-state index contributed by atoms with van der Waals surface area (Å²) >= 11 is 5.57. The van der Waals surface area contributed by atoms with Gasteiger partial charge in [-0.25, -0.2) is 13.4 Å². The minimum Gasteiger partial charge on any atom is -0.392 e. The zero-order valence-electron chi connectivity index (χ0n) is 8.96. The van der Waals surface area contributed by atoms with E-state index in [2.05, 4.69) is 4.98 Å². The second-order valence-electron chi connectivity index (χ2n) is 3.45. The van der Waals surface area contributed by atoms with Crippen LogP contribution in [-0.2, 0) is 10.0 Å². The highest BCUT2D eigenvalue weighted by Gasteiger charge is 2.21. The van der Waals surface area contributed by atoms with Crippen LogP contribution in [0.3, 0.4) is 0 Å². The molecule has 1 rings (SSSR count). The molecule has 0 bridgehead atoms. The van der Waals surface area contributed by atoms with Gasteiger partial charge in [0.1, 0.15) is 10.0 Å². The lowest BCUT2D eigenvalue weighted by molar-refractivity contribution is 0.171. The quantitative estimate of drug-likeness (QED) is 0.814. The smallest absolute Gasteiger partial charge is 0.244 e. The summed E-state index contributed by atoms with van der Waals surface area (Å²) in [6, 6.07) is 2.79. The summed E-state index contributed by atoms with van der Waals surface area (Å²) in [6.45, 7) is 1.55. The summed E-state index contributed by atoms with van der Waals surface area (Å²) in [6.07, 6.45) is 0.468. The number of likely N-dealkylation sites (N-methyl/N-ethyl adjacent to an activating group) is 1. The van der Waals surface area contributed by atoms with E-state index >= 15 is 0 Å². The second kappa shape index (κ2) is 5.09. The first-order valence-electron chi connectivity index (χ1n) is 4.60. The molecule has 0 aliphatic rings. The molecule has 0 aromatic carbocycles. The van der Waals surface area contributed by atoms with Crippen LogP contribution in [0, 0.1) is 0 Å². The van der Waals surface area contributed by atoms with Gasteiger partial charge >= 0.3 is 0 Å². The summed E-state index contributed by atoms with van der Waals surface area (Å²) in [5.41, 5.74) is 0. The van der Waals surface area contributed by atoms with Crippen molar-refractivity contribution < 1.29 is 13.5 Å². The lowest BCUT2D eigenvalue weighted by Crippen LogP contribution is -2.33. The molecule has 5 nitrogen and oxygen atoms in total. The zero-order chi connectivity index (χ0) is 12.3. The normalized spacial score (nSPS) is 14.1. The van der Waals surface area contributed by atoms with Crippen LogP contribution in [0.1, 0.15) is 6.92 Å². The molecule has 1 N–H and O–H groups in total. The van der Waals surface area contributed by atoms with Crippen LogP contribution in [0.15, 0.2) is 23.2 Å². The van der Waals surface area contributed by atoms with Gasteiger partial charge in [-0.2, -0.15) is 4.31 Å². The first-order valence-corrected chi connectivity index (χ1v) is 6.42. The van der Waals surface area contributed by atoms with Gasteiger partial charge in [-0.1, -0.05) is 11.6 Å². The van der Waals surface area contributed by atoms with E-state index < -0.39 is 16.1 Å². The molecule has 0 aliphatic heterocycles. The maximum Gasteiger partial charge on any atom is 0.244 e. The molecule has 1 aromatic rings. The van der Waals surface area contributed by atoms with Crippen molar-refractivity contribution in [3.8, 4) is 0 Å². The predicted molar refractivity (Wildman–Crippen MR) is 60.7 cm³/mol. The van der Waals surface area contributed by atoms with Gasteiger partial charge in [-0.15, -0.1) is 0 Å². The molecule has 1 unspecified atom stereocenters. The Morgan fingerprint density at radius 2 is 2.19 bits per heavy atom. The third-order valence-electron chi connectivity index (χ3n) is 1.93. The molecule has 16 heavy (non-hydrogen) atoms. The number of rotatable bonds is 4. The molecule has 0 saturated carbocycles. The summed E-state index contributed by atoms with van der Waals surface area (Å²) in [4.78, 5) is 3.76. The monoisotopic (exact) mass is 264 g/mol. The van der Waals surface area contributed by atoms with Crippen molar-refractivity contribution in [1.29, 1.82) is 0 Å². The highest BCUT2D eigenvalue weighted by Crippen LogP contribution is 2.15. The van der Waals surface area contributed by atoms with Crippen molar-refractivity contribution in [2.24, 2.45) is 0 Å². The number of aliphatic hydroxyl groups excluding tert-OH is 1. The van der Waals surface area contributed by atoms with Crippen LogP contribution in [0.25, 0.3) is 0 Å². The van der Waals surface area contributed by atoms with E-state index in [-0.39, 0.29) is 16.6 Å². The minimum absolute atomic E-state index is 0.0327. The number of halogens is 1. The Bertz CT molecular complexity index is 444.